The van der Waals surface area contributed by atoms with E-state index in [1.54, 1.807) is 14.2 Å². The summed E-state index contributed by atoms with van der Waals surface area (Å²) < 4.78 is 10.3. The van der Waals surface area contributed by atoms with Crippen molar-refractivity contribution in [1.82, 2.24) is 10.3 Å². The van der Waals surface area contributed by atoms with Crippen LogP contribution < -0.4 is 10.2 Å². The number of rotatable bonds is 8. The number of methoxy groups -OCH3 is 2. The molecule has 0 bridgehead atoms. The van der Waals surface area contributed by atoms with Crippen molar-refractivity contribution in [1.29, 1.82) is 0 Å². The summed E-state index contributed by atoms with van der Waals surface area (Å²) in [4.78, 5) is 7.00. The molecule has 0 unspecified atom stereocenters. The van der Waals surface area contributed by atoms with Crippen LogP contribution in [0.15, 0.2) is 18.3 Å². The van der Waals surface area contributed by atoms with Gasteiger partial charge in [0.05, 0.1) is 6.61 Å². The Bertz CT molecular complexity index is 406. The van der Waals surface area contributed by atoms with Crippen molar-refractivity contribution in [3.05, 3.63) is 23.9 Å². The number of ether oxygens (including phenoxy) is 2. The standard InChI is InChI=1S/C16H27N3O2/c1-20-11-8-17-12-15-4-3-7-18-16(15)19-9-5-14(6-10-19)13-21-2/h3-4,7,14,17H,5-6,8-13H2,1-2H3. The summed E-state index contributed by atoms with van der Waals surface area (Å²) in [6.07, 6.45) is 4.25. The van der Waals surface area contributed by atoms with Crippen LogP contribution in [0.1, 0.15) is 18.4 Å². The number of hydrogen-bond donors (Lipinski definition) is 1. The molecule has 1 aromatic heterocycles. The molecule has 1 aliphatic heterocycles. The highest BCUT2D eigenvalue weighted by Crippen LogP contribution is 2.24. The number of pyridine rings is 1. The quantitative estimate of drug-likeness (QED) is 0.739. The van der Waals surface area contributed by atoms with Gasteiger partial charge in [-0.2, -0.15) is 0 Å². The topological polar surface area (TPSA) is 46.6 Å². The zero-order valence-electron chi connectivity index (χ0n) is 13.2. The fraction of sp³-hybridized carbons (Fsp3) is 0.688. The van der Waals surface area contributed by atoms with Crippen LogP contribution in [0.25, 0.3) is 0 Å². The predicted octanol–water partition coefficient (Wildman–Crippen LogP) is 1.68. The number of hydrogen-bond acceptors (Lipinski definition) is 5. The van der Waals surface area contributed by atoms with Crippen LogP contribution in [0.2, 0.25) is 0 Å². The van der Waals surface area contributed by atoms with Crippen LogP contribution in [-0.4, -0.2) is 52.1 Å². The minimum absolute atomic E-state index is 0.693. The molecule has 118 valence electrons. The van der Waals surface area contributed by atoms with Crippen molar-refractivity contribution >= 4 is 5.82 Å². The first-order valence-electron chi connectivity index (χ1n) is 7.72. The Morgan fingerprint density at radius 2 is 2.10 bits per heavy atom. The molecule has 5 heteroatoms. The Balaban J connectivity index is 1.90. The maximum Gasteiger partial charge on any atom is 0.133 e. The van der Waals surface area contributed by atoms with Gasteiger partial charge in [-0.15, -0.1) is 0 Å². The first-order valence-corrected chi connectivity index (χ1v) is 7.72. The van der Waals surface area contributed by atoms with Crippen LogP contribution >= 0.6 is 0 Å². The second-order valence-corrected chi connectivity index (χ2v) is 5.54. The third-order valence-electron chi connectivity index (χ3n) is 3.98. The van der Waals surface area contributed by atoms with E-state index in [2.05, 4.69) is 21.3 Å². The van der Waals surface area contributed by atoms with E-state index in [-0.39, 0.29) is 0 Å². The van der Waals surface area contributed by atoms with Gasteiger partial charge >= 0.3 is 0 Å². The Kier molecular flexibility index (Phi) is 6.92. The third-order valence-corrected chi connectivity index (χ3v) is 3.98. The normalized spacial score (nSPS) is 16.4. The largest absolute Gasteiger partial charge is 0.384 e. The summed E-state index contributed by atoms with van der Waals surface area (Å²) >= 11 is 0. The molecule has 1 N–H and O–H groups in total. The van der Waals surface area contributed by atoms with Gasteiger partial charge in [-0.1, -0.05) is 6.07 Å². The second kappa shape index (κ2) is 8.97. The molecule has 0 spiro atoms. The van der Waals surface area contributed by atoms with Crippen molar-refractivity contribution in [3.63, 3.8) is 0 Å². The monoisotopic (exact) mass is 293 g/mol. The molecule has 1 aliphatic rings. The summed E-state index contributed by atoms with van der Waals surface area (Å²) in [5, 5.41) is 3.40. The Morgan fingerprint density at radius 3 is 2.81 bits per heavy atom. The van der Waals surface area contributed by atoms with Gasteiger partial charge in [0.15, 0.2) is 0 Å². The summed E-state index contributed by atoms with van der Waals surface area (Å²) in [5.41, 5.74) is 1.26. The number of nitrogens with one attached hydrogen (secondary N) is 1. The fourth-order valence-corrected chi connectivity index (χ4v) is 2.80. The molecular formula is C16H27N3O2. The SMILES string of the molecule is COCCNCc1cccnc1N1CCC(COC)CC1. The van der Waals surface area contributed by atoms with E-state index in [4.69, 9.17) is 9.47 Å². The number of nitrogens with zero attached hydrogens (tertiary/aromatic N) is 2. The Hall–Kier alpha value is -1.17. The molecule has 2 rings (SSSR count). The maximum absolute atomic E-state index is 5.27. The van der Waals surface area contributed by atoms with Gasteiger partial charge in [0.1, 0.15) is 5.82 Å². The van der Waals surface area contributed by atoms with Crippen molar-refractivity contribution < 1.29 is 9.47 Å². The van der Waals surface area contributed by atoms with Gasteiger partial charge in [-0.25, -0.2) is 4.98 Å². The highest BCUT2D eigenvalue weighted by molar-refractivity contribution is 5.47. The molecular weight excluding hydrogens is 266 g/mol. The number of piperidine rings is 1. The lowest BCUT2D eigenvalue weighted by Gasteiger charge is -2.33. The number of aromatic nitrogens is 1. The summed E-state index contributed by atoms with van der Waals surface area (Å²) in [6, 6.07) is 4.16. The number of anilines is 1. The van der Waals surface area contributed by atoms with Crippen LogP contribution in [0.4, 0.5) is 5.82 Å². The van der Waals surface area contributed by atoms with E-state index >= 15 is 0 Å². The molecule has 21 heavy (non-hydrogen) atoms. The molecule has 1 aromatic rings. The van der Waals surface area contributed by atoms with Gasteiger partial charge in [0, 0.05) is 58.8 Å². The minimum Gasteiger partial charge on any atom is -0.384 e. The first kappa shape index (κ1) is 16.2. The van der Waals surface area contributed by atoms with E-state index in [1.807, 2.05) is 12.3 Å². The van der Waals surface area contributed by atoms with Crippen LogP contribution in [0.5, 0.6) is 0 Å². The van der Waals surface area contributed by atoms with Crippen molar-refractivity contribution in [2.24, 2.45) is 5.92 Å². The van der Waals surface area contributed by atoms with Crippen LogP contribution in [0, 0.1) is 5.92 Å². The molecule has 1 fully saturated rings. The Labute approximate surface area is 127 Å². The fourth-order valence-electron chi connectivity index (χ4n) is 2.80. The highest BCUT2D eigenvalue weighted by Gasteiger charge is 2.21. The molecule has 0 amide bonds. The van der Waals surface area contributed by atoms with Crippen LogP contribution in [-0.2, 0) is 16.0 Å². The zero-order valence-corrected chi connectivity index (χ0v) is 13.2. The second-order valence-electron chi connectivity index (χ2n) is 5.54. The summed E-state index contributed by atoms with van der Waals surface area (Å²) in [5.74, 6) is 1.82. The van der Waals surface area contributed by atoms with Gasteiger partial charge < -0.3 is 19.7 Å². The molecule has 0 atom stereocenters. The van der Waals surface area contributed by atoms with E-state index in [1.165, 1.54) is 18.4 Å². The molecule has 0 saturated carbocycles. The highest BCUT2D eigenvalue weighted by atomic mass is 16.5. The molecule has 0 aliphatic carbocycles. The van der Waals surface area contributed by atoms with Gasteiger partial charge in [0.25, 0.3) is 0 Å². The summed E-state index contributed by atoms with van der Waals surface area (Å²) in [6.45, 7) is 5.44. The van der Waals surface area contributed by atoms with Crippen molar-refractivity contribution in [3.8, 4) is 0 Å². The van der Waals surface area contributed by atoms with Crippen molar-refractivity contribution in [2.45, 2.75) is 19.4 Å². The molecule has 2 heterocycles. The smallest absolute Gasteiger partial charge is 0.133 e. The van der Waals surface area contributed by atoms with E-state index in [9.17, 15) is 0 Å². The lowest BCUT2D eigenvalue weighted by molar-refractivity contribution is 0.139. The Morgan fingerprint density at radius 1 is 1.29 bits per heavy atom. The van der Waals surface area contributed by atoms with Crippen LogP contribution in [0.3, 0.4) is 0 Å². The third kappa shape index (κ3) is 4.95. The average Bonchev–Trinajstić information content (AvgIpc) is 2.53. The lowest BCUT2D eigenvalue weighted by atomic mass is 9.97. The molecule has 1 saturated heterocycles. The van der Waals surface area contributed by atoms with Gasteiger partial charge in [0.2, 0.25) is 0 Å². The molecule has 0 aromatic carbocycles. The molecule has 0 radical (unpaired) electrons. The van der Waals surface area contributed by atoms with E-state index < -0.39 is 0 Å². The first-order chi connectivity index (χ1) is 10.3. The van der Waals surface area contributed by atoms with E-state index in [0.717, 1.165) is 45.2 Å². The zero-order chi connectivity index (χ0) is 14.9. The average molecular weight is 293 g/mol. The van der Waals surface area contributed by atoms with E-state index in [0.29, 0.717) is 5.92 Å². The lowest BCUT2D eigenvalue weighted by Crippen LogP contribution is -2.36. The summed E-state index contributed by atoms with van der Waals surface area (Å²) in [7, 11) is 3.51. The maximum atomic E-state index is 5.27. The van der Waals surface area contributed by atoms with Gasteiger partial charge in [-0.3, -0.25) is 0 Å². The van der Waals surface area contributed by atoms with Crippen molar-refractivity contribution in [2.75, 3.05) is 52.0 Å². The molecule has 5 nitrogen and oxygen atoms in total. The minimum atomic E-state index is 0.693. The predicted molar refractivity (Wildman–Crippen MR) is 84.6 cm³/mol. The van der Waals surface area contributed by atoms with Gasteiger partial charge in [-0.05, 0) is 24.8 Å².